The second-order valence-electron chi connectivity index (χ2n) is 2.50. The maximum absolute atomic E-state index is 12.2. The molecule has 0 radical (unpaired) electrons. The van der Waals surface area contributed by atoms with Gasteiger partial charge in [-0.25, -0.2) is 4.68 Å². The van der Waals surface area contributed by atoms with Crippen LogP contribution in [0.1, 0.15) is 0 Å². The Labute approximate surface area is 116 Å². The standard InChI is InChI=1S/C7H3F3N3.CH2O2.Na/c8-7(9,10)13-6-1-2-11-3-5(6)4-12-13;2-1-3;/h1,3-4H;1H,(H,2,3);/q-1;;+1. The SMILES string of the molecule is FC(F)(F)n1ncc2cn[c-]cc21.O=CO.[Na+]. The van der Waals surface area contributed by atoms with E-state index in [-0.39, 0.29) is 46.2 Å². The molecule has 0 saturated carbocycles. The molecule has 0 bridgehead atoms. The maximum atomic E-state index is 12.2. The molecule has 0 aliphatic carbocycles. The molecule has 0 saturated heterocycles. The smallest absolute Gasteiger partial charge is 0.483 e. The Hall–Kier alpha value is -1.12. The van der Waals surface area contributed by atoms with E-state index in [0.717, 1.165) is 12.3 Å². The van der Waals surface area contributed by atoms with Crippen molar-refractivity contribution in [3.8, 4) is 0 Å². The molecule has 17 heavy (non-hydrogen) atoms. The third-order valence-corrected chi connectivity index (χ3v) is 1.56. The number of halogens is 3. The minimum absolute atomic E-state index is 0. The number of carboxylic acid groups (broad SMARTS) is 1. The summed E-state index contributed by atoms with van der Waals surface area (Å²) in [7, 11) is 0. The Morgan fingerprint density at radius 1 is 1.41 bits per heavy atom. The van der Waals surface area contributed by atoms with Gasteiger partial charge in [-0.2, -0.15) is 5.10 Å². The summed E-state index contributed by atoms with van der Waals surface area (Å²) < 4.78 is 36.6. The Balaban J connectivity index is 0.000000583. The summed E-state index contributed by atoms with van der Waals surface area (Å²) in [5.41, 5.74) is -0.0394. The van der Waals surface area contributed by atoms with E-state index in [9.17, 15) is 13.2 Å². The first-order chi connectivity index (χ1) is 7.50. The topological polar surface area (TPSA) is 68.0 Å². The first-order valence-electron chi connectivity index (χ1n) is 3.85. The van der Waals surface area contributed by atoms with Gasteiger partial charge in [0.05, 0.1) is 0 Å². The van der Waals surface area contributed by atoms with Crippen molar-refractivity contribution in [1.29, 1.82) is 0 Å². The summed E-state index contributed by atoms with van der Waals surface area (Å²) in [5, 5.41) is 10.4. The number of alkyl halides is 3. The van der Waals surface area contributed by atoms with Crippen molar-refractivity contribution in [2.24, 2.45) is 0 Å². The van der Waals surface area contributed by atoms with Gasteiger partial charge in [-0.15, -0.1) is 19.2 Å². The summed E-state index contributed by atoms with van der Waals surface area (Å²) in [6, 6.07) is 1.15. The van der Waals surface area contributed by atoms with Crippen LogP contribution in [0, 0.1) is 6.20 Å². The van der Waals surface area contributed by atoms with Gasteiger partial charge in [-0.05, 0) is 5.52 Å². The summed E-state index contributed by atoms with van der Waals surface area (Å²) in [5.74, 6) is 0. The number of hydrogen-bond acceptors (Lipinski definition) is 3. The Kier molecular flexibility index (Phi) is 6.14. The zero-order valence-corrected chi connectivity index (χ0v) is 10.6. The fourth-order valence-corrected chi connectivity index (χ4v) is 1.02. The number of hydrogen-bond donors (Lipinski definition) is 1. The minimum Gasteiger partial charge on any atom is -0.483 e. The monoisotopic (exact) mass is 255 g/mol. The van der Waals surface area contributed by atoms with E-state index in [1.54, 1.807) is 0 Å². The molecule has 0 aliphatic heterocycles. The molecular formula is C8H5F3N3NaO2. The summed E-state index contributed by atoms with van der Waals surface area (Å²) in [6.45, 7) is -0.250. The van der Waals surface area contributed by atoms with Gasteiger partial charge in [0, 0.05) is 6.20 Å². The Morgan fingerprint density at radius 2 is 2.00 bits per heavy atom. The molecule has 1 N–H and O–H groups in total. The molecule has 0 aliphatic rings. The van der Waals surface area contributed by atoms with E-state index in [1.807, 2.05) is 0 Å². The first kappa shape index (κ1) is 15.9. The molecular weight excluding hydrogens is 250 g/mol. The van der Waals surface area contributed by atoms with E-state index in [2.05, 4.69) is 16.3 Å². The maximum Gasteiger partial charge on any atom is 1.00 e. The number of nitrogens with zero attached hydrogens (tertiary/aromatic N) is 3. The molecule has 2 aromatic rings. The average Bonchev–Trinajstić information content (AvgIpc) is 2.61. The summed E-state index contributed by atoms with van der Waals surface area (Å²) in [4.78, 5) is 11.9. The van der Waals surface area contributed by atoms with Crippen molar-refractivity contribution in [3.63, 3.8) is 0 Å². The number of pyridine rings is 1. The second kappa shape index (κ2) is 6.58. The quantitative estimate of drug-likeness (QED) is 0.350. The second-order valence-corrected chi connectivity index (χ2v) is 2.50. The summed E-state index contributed by atoms with van der Waals surface area (Å²) in [6.07, 6.45) is 0.231. The Morgan fingerprint density at radius 3 is 2.53 bits per heavy atom. The van der Waals surface area contributed by atoms with E-state index >= 15 is 0 Å². The van der Waals surface area contributed by atoms with Gasteiger partial charge in [-0.3, -0.25) is 4.79 Å². The van der Waals surface area contributed by atoms with E-state index < -0.39 is 6.30 Å². The van der Waals surface area contributed by atoms with E-state index in [4.69, 9.17) is 9.90 Å². The molecule has 2 rings (SSSR count). The van der Waals surface area contributed by atoms with Crippen molar-refractivity contribution in [2.45, 2.75) is 6.30 Å². The van der Waals surface area contributed by atoms with Gasteiger partial charge in [0.2, 0.25) is 0 Å². The van der Waals surface area contributed by atoms with Crippen LogP contribution in [0.15, 0.2) is 18.5 Å². The van der Waals surface area contributed by atoms with Crippen LogP contribution >= 0.6 is 0 Å². The predicted octanol–water partition coefficient (Wildman–Crippen LogP) is -1.59. The van der Waals surface area contributed by atoms with Crippen molar-refractivity contribution in [2.75, 3.05) is 0 Å². The number of aromatic nitrogens is 3. The van der Waals surface area contributed by atoms with Crippen molar-refractivity contribution < 1.29 is 52.6 Å². The zero-order chi connectivity index (χ0) is 12.2. The molecule has 0 unspecified atom stereocenters. The predicted molar refractivity (Wildman–Crippen MR) is 46.4 cm³/mol. The number of carbonyl (C=O) groups is 1. The van der Waals surface area contributed by atoms with Crippen LogP contribution < -0.4 is 29.6 Å². The van der Waals surface area contributed by atoms with Crippen LogP contribution in [0.4, 0.5) is 13.2 Å². The van der Waals surface area contributed by atoms with Crippen LogP contribution in [-0.2, 0) is 11.1 Å². The van der Waals surface area contributed by atoms with Crippen molar-refractivity contribution in [3.05, 3.63) is 24.7 Å². The molecule has 0 spiro atoms. The van der Waals surface area contributed by atoms with Crippen LogP contribution in [0.2, 0.25) is 0 Å². The summed E-state index contributed by atoms with van der Waals surface area (Å²) >= 11 is 0. The van der Waals surface area contributed by atoms with E-state index in [1.165, 1.54) is 6.20 Å². The molecule has 0 amide bonds. The molecule has 0 atom stereocenters. The van der Waals surface area contributed by atoms with Crippen molar-refractivity contribution in [1.82, 2.24) is 14.8 Å². The van der Waals surface area contributed by atoms with Crippen LogP contribution in [0.25, 0.3) is 10.9 Å². The Bertz CT molecular complexity index is 486. The van der Waals surface area contributed by atoms with Gasteiger partial charge >= 0.3 is 35.9 Å². The largest absolute Gasteiger partial charge is 1.00 e. The third-order valence-electron chi connectivity index (χ3n) is 1.56. The molecule has 9 heteroatoms. The van der Waals surface area contributed by atoms with Gasteiger partial charge < -0.3 is 10.1 Å². The fourth-order valence-electron chi connectivity index (χ4n) is 1.02. The van der Waals surface area contributed by atoms with Crippen LogP contribution in [0.5, 0.6) is 0 Å². The molecule has 86 valence electrons. The molecule has 2 heterocycles. The van der Waals surface area contributed by atoms with Gasteiger partial charge in [0.25, 0.3) is 6.47 Å². The van der Waals surface area contributed by atoms with Crippen molar-refractivity contribution >= 4 is 17.4 Å². The zero-order valence-electron chi connectivity index (χ0n) is 8.64. The third kappa shape index (κ3) is 3.99. The molecule has 5 nitrogen and oxygen atoms in total. The normalized spacial score (nSPS) is 10.1. The average molecular weight is 255 g/mol. The van der Waals surface area contributed by atoms with Gasteiger partial charge in [0.15, 0.2) is 0 Å². The number of fused-ring (bicyclic) bond motifs is 1. The molecule has 2 aromatic heterocycles. The fraction of sp³-hybridized carbons (Fsp3) is 0.125. The first-order valence-corrected chi connectivity index (χ1v) is 3.85. The molecule has 0 fully saturated rings. The van der Waals surface area contributed by atoms with E-state index in [0.29, 0.717) is 5.39 Å². The van der Waals surface area contributed by atoms with Gasteiger partial charge in [0.1, 0.15) is 0 Å². The minimum atomic E-state index is -4.49. The van der Waals surface area contributed by atoms with Gasteiger partial charge in [-0.1, -0.05) is 17.8 Å². The van der Waals surface area contributed by atoms with Crippen LogP contribution in [0.3, 0.4) is 0 Å². The van der Waals surface area contributed by atoms with Crippen LogP contribution in [-0.4, -0.2) is 26.3 Å². The number of rotatable bonds is 0. The molecule has 0 aromatic carbocycles.